The molecule has 1 heterocycles. The molecule has 5 heteroatoms. The Balaban J connectivity index is 2.06. The van der Waals surface area contributed by atoms with Crippen LogP contribution >= 0.6 is 11.6 Å². The van der Waals surface area contributed by atoms with Crippen molar-refractivity contribution >= 4 is 17.3 Å². The fourth-order valence-electron chi connectivity index (χ4n) is 2.60. The molecule has 2 rings (SSSR count). The van der Waals surface area contributed by atoms with E-state index in [4.69, 9.17) is 21.1 Å². The van der Waals surface area contributed by atoms with Gasteiger partial charge < -0.3 is 19.7 Å². The Morgan fingerprint density at radius 1 is 1.24 bits per heavy atom. The van der Waals surface area contributed by atoms with Crippen LogP contribution in [0.4, 0.5) is 5.69 Å². The van der Waals surface area contributed by atoms with Gasteiger partial charge in [-0.1, -0.05) is 31.5 Å². The molecule has 0 aliphatic carbocycles. The van der Waals surface area contributed by atoms with Gasteiger partial charge in [0, 0.05) is 50.6 Å². The van der Waals surface area contributed by atoms with Crippen molar-refractivity contribution in [3.8, 4) is 0 Å². The molecule has 1 fully saturated rings. The van der Waals surface area contributed by atoms with Crippen LogP contribution in [0.1, 0.15) is 19.4 Å². The second-order valence-electron chi connectivity index (χ2n) is 5.76. The average Bonchev–Trinajstić information content (AvgIpc) is 2.89. The number of hydrogen-bond donors (Lipinski definition) is 1. The first-order chi connectivity index (χ1) is 10.0. The van der Waals surface area contributed by atoms with E-state index in [2.05, 4.69) is 36.2 Å². The lowest BCUT2D eigenvalue weighted by Gasteiger charge is -2.19. The molecule has 0 spiro atoms. The van der Waals surface area contributed by atoms with Crippen molar-refractivity contribution in [1.29, 1.82) is 0 Å². The summed E-state index contributed by atoms with van der Waals surface area (Å²) < 4.78 is 11.0. The third-order valence-corrected chi connectivity index (χ3v) is 4.28. The highest BCUT2D eigenvalue weighted by Crippen LogP contribution is 2.28. The molecule has 0 amide bonds. The van der Waals surface area contributed by atoms with Crippen LogP contribution in [0, 0.1) is 0 Å². The molecule has 1 N–H and O–H groups in total. The molecule has 4 nitrogen and oxygen atoms in total. The zero-order valence-electron chi connectivity index (χ0n) is 13.2. The maximum absolute atomic E-state index is 6.40. The highest BCUT2D eigenvalue weighted by atomic mass is 35.5. The summed E-state index contributed by atoms with van der Waals surface area (Å²) in [6.07, 6.45) is 0.215. The minimum Gasteiger partial charge on any atom is -0.377 e. The van der Waals surface area contributed by atoms with Gasteiger partial charge in [-0.05, 0) is 17.7 Å². The van der Waals surface area contributed by atoms with Gasteiger partial charge in [0.25, 0.3) is 0 Å². The minimum atomic E-state index is 0.107. The van der Waals surface area contributed by atoms with Crippen LogP contribution in [-0.4, -0.2) is 45.6 Å². The molecule has 1 aromatic carbocycles. The van der Waals surface area contributed by atoms with Gasteiger partial charge in [-0.15, -0.1) is 0 Å². The number of halogens is 1. The predicted octanol–water partition coefficient (Wildman–Crippen LogP) is 2.69. The van der Waals surface area contributed by atoms with Gasteiger partial charge >= 0.3 is 0 Å². The van der Waals surface area contributed by atoms with Gasteiger partial charge in [-0.25, -0.2) is 0 Å². The van der Waals surface area contributed by atoms with E-state index >= 15 is 0 Å². The van der Waals surface area contributed by atoms with Crippen molar-refractivity contribution in [2.75, 3.05) is 32.2 Å². The second kappa shape index (κ2) is 7.45. The monoisotopic (exact) mass is 312 g/mol. The van der Waals surface area contributed by atoms with Crippen molar-refractivity contribution in [1.82, 2.24) is 5.32 Å². The smallest absolute Gasteiger partial charge is 0.102 e. The zero-order chi connectivity index (χ0) is 15.4. The molecular weight excluding hydrogens is 288 g/mol. The number of methoxy groups -OCH3 is 2. The first-order valence-electron chi connectivity index (χ1n) is 7.37. The summed E-state index contributed by atoms with van der Waals surface area (Å²) in [5.74, 6) is 0. The van der Waals surface area contributed by atoms with Gasteiger partial charge in [-0.3, -0.25) is 0 Å². The number of rotatable bonds is 6. The standard InChI is InChI=1S/C16H25ClN2O2/c1-11(2)18-8-12-5-6-13(7-14(12)17)19-9-15(20-3)16(10-19)21-4/h5-7,11,15-16,18H,8-10H2,1-4H3. The Bertz CT molecular complexity index is 456. The van der Waals surface area contributed by atoms with Crippen molar-refractivity contribution in [3.05, 3.63) is 28.8 Å². The van der Waals surface area contributed by atoms with Crippen LogP contribution in [0.2, 0.25) is 5.02 Å². The van der Waals surface area contributed by atoms with E-state index in [-0.39, 0.29) is 12.2 Å². The summed E-state index contributed by atoms with van der Waals surface area (Å²) in [6.45, 7) is 6.70. The molecule has 1 aliphatic heterocycles. The van der Waals surface area contributed by atoms with E-state index in [1.807, 2.05) is 6.07 Å². The fourth-order valence-corrected chi connectivity index (χ4v) is 2.84. The lowest BCUT2D eigenvalue weighted by Crippen LogP contribution is -2.27. The van der Waals surface area contributed by atoms with Gasteiger partial charge in [0.1, 0.15) is 12.2 Å². The van der Waals surface area contributed by atoms with E-state index < -0.39 is 0 Å². The number of hydrogen-bond acceptors (Lipinski definition) is 4. The number of benzene rings is 1. The van der Waals surface area contributed by atoms with E-state index in [1.54, 1.807) is 14.2 Å². The molecule has 21 heavy (non-hydrogen) atoms. The van der Waals surface area contributed by atoms with Crippen LogP contribution < -0.4 is 10.2 Å². The fraction of sp³-hybridized carbons (Fsp3) is 0.625. The van der Waals surface area contributed by atoms with Crippen molar-refractivity contribution in [2.24, 2.45) is 0 Å². The first-order valence-corrected chi connectivity index (χ1v) is 7.75. The lowest BCUT2D eigenvalue weighted by molar-refractivity contribution is -0.00461. The molecular formula is C16H25ClN2O2. The largest absolute Gasteiger partial charge is 0.377 e. The van der Waals surface area contributed by atoms with E-state index in [1.165, 1.54) is 0 Å². The molecule has 0 aromatic heterocycles. The molecule has 0 radical (unpaired) electrons. The Kier molecular flexibility index (Phi) is 5.88. The van der Waals surface area contributed by atoms with Crippen LogP contribution in [0.5, 0.6) is 0 Å². The van der Waals surface area contributed by atoms with Gasteiger partial charge in [0.15, 0.2) is 0 Å². The van der Waals surface area contributed by atoms with E-state index in [0.29, 0.717) is 6.04 Å². The van der Waals surface area contributed by atoms with Crippen molar-refractivity contribution in [2.45, 2.75) is 38.6 Å². The molecule has 1 saturated heterocycles. The second-order valence-corrected chi connectivity index (χ2v) is 6.17. The lowest BCUT2D eigenvalue weighted by atomic mass is 10.2. The first kappa shape index (κ1) is 16.6. The highest BCUT2D eigenvalue weighted by Gasteiger charge is 2.33. The number of nitrogens with one attached hydrogen (secondary N) is 1. The molecule has 2 unspecified atom stereocenters. The molecule has 118 valence electrons. The topological polar surface area (TPSA) is 33.7 Å². The molecule has 0 bridgehead atoms. The third kappa shape index (κ3) is 4.10. The maximum atomic E-state index is 6.40. The Morgan fingerprint density at radius 2 is 1.86 bits per heavy atom. The predicted molar refractivity (Wildman–Crippen MR) is 87.2 cm³/mol. The Hall–Kier alpha value is -0.810. The van der Waals surface area contributed by atoms with Crippen LogP contribution in [0.25, 0.3) is 0 Å². The normalized spacial score (nSPS) is 22.3. The van der Waals surface area contributed by atoms with Crippen LogP contribution in [-0.2, 0) is 16.0 Å². The Morgan fingerprint density at radius 3 is 2.33 bits per heavy atom. The summed E-state index contributed by atoms with van der Waals surface area (Å²) in [6, 6.07) is 6.69. The quantitative estimate of drug-likeness (QED) is 0.875. The van der Waals surface area contributed by atoms with E-state index in [0.717, 1.165) is 35.9 Å². The zero-order valence-corrected chi connectivity index (χ0v) is 14.0. The summed E-state index contributed by atoms with van der Waals surface area (Å²) in [5, 5.41) is 4.19. The third-order valence-electron chi connectivity index (χ3n) is 3.92. The number of ether oxygens (including phenoxy) is 2. The molecule has 1 aliphatic rings. The summed E-state index contributed by atoms with van der Waals surface area (Å²) >= 11 is 6.40. The molecule has 2 atom stereocenters. The van der Waals surface area contributed by atoms with Gasteiger partial charge in [0.05, 0.1) is 0 Å². The molecule has 0 saturated carbocycles. The summed E-state index contributed by atoms with van der Waals surface area (Å²) in [4.78, 5) is 2.26. The van der Waals surface area contributed by atoms with Crippen LogP contribution in [0.3, 0.4) is 0 Å². The minimum absolute atomic E-state index is 0.107. The Labute approximate surface area is 132 Å². The maximum Gasteiger partial charge on any atom is 0.102 e. The molecule has 1 aromatic rings. The summed E-state index contributed by atoms with van der Waals surface area (Å²) in [5.41, 5.74) is 2.25. The van der Waals surface area contributed by atoms with Gasteiger partial charge in [-0.2, -0.15) is 0 Å². The number of anilines is 1. The number of nitrogens with zero attached hydrogens (tertiary/aromatic N) is 1. The van der Waals surface area contributed by atoms with E-state index in [9.17, 15) is 0 Å². The SMILES string of the molecule is COC1CN(c2ccc(CNC(C)C)c(Cl)c2)CC1OC. The average molecular weight is 313 g/mol. The summed E-state index contributed by atoms with van der Waals surface area (Å²) in [7, 11) is 3.46. The van der Waals surface area contributed by atoms with Crippen molar-refractivity contribution < 1.29 is 9.47 Å². The van der Waals surface area contributed by atoms with Crippen molar-refractivity contribution in [3.63, 3.8) is 0 Å². The highest BCUT2D eigenvalue weighted by molar-refractivity contribution is 6.31. The van der Waals surface area contributed by atoms with Gasteiger partial charge in [0.2, 0.25) is 0 Å². The van der Waals surface area contributed by atoms with Crippen LogP contribution in [0.15, 0.2) is 18.2 Å².